The summed E-state index contributed by atoms with van der Waals surface area (Å²) in [6, 6.07) is 5.88. The second-order valence-electron chi connectivity index (χ2n) is 7.31. The van der Waals surface area contributed by atoms with Crippen LogP contribution in [0.2, 0.25) is 0 Å². The number of hydrogen-bond acceptors (Lipinski definition) is 5. The summed E-state index contributed by atoms with van der Waals surface area (Å²) >= 11 is 0. The van der Waals surface area contributed by atoms with Gasteiger partial charge in [0.15, 0.2) is 11.5 Å². The van der Waals surface area contributed by atoms with Crippen LogP contribution in [-0.4, -0.2) is 55.6 Å². The molecule has 3 atom stereocenters. The van der Waals surface area contributed by atoms with Gasteiger partial charge in [0.2, 0.25) is 0 Å². The van der Waals surface area contributed by atoms with Crippen LogP contribution in [-0.2, 0) is 4.74 Å². The highest BCUT2D eigenvalue weighted by Crippen LogP contribution is 2.47. The molecule has 0 spiro atoms. The summed E-state index contributed by atoms with van der Waals surface area (Å²) in [5.41, 5.74) is 0.575. The zero-order valence-corrected chi connectivity index (χ0v) is 15.3. The summed E-state index contributed by atoms with van der Waals surface area (Å²) in [4.78, 5) is 13.7. The van der Waals surface area contributed by atoms with E-state index >= 15 is 0 Å². The monoisotopic (exact) mass is 349 g/mol. The normalized spacial score (nSPS) is 27.1. The van der Waals surface area contributed by atoms with Gasteiger partial charge in [0.05, 0.1) is 26.4 Å². The van der Waals surface area contributed by atoms with Gasteiger partial charge in [-0.05, 0) is 37.5 Å². The number of ether oxygens (including phenoxy) is 3. The summed E-state index contributed by atoms with van der Waals surface area (Å²) in [6.45, 7) is 4.74. The number of nitrogens with zero attached hydrogens (tertiary/aromatic N) is 1. The van der Waals surface area contributed by atoms with Crippen molar-refractivity contribution >= 4 is 6.09 Å². The molecular formula is C19H27NO5. The molecule has 25 heavy (non-hydrogen) atoms. The molecule has 1 aliphatic carbocycles. The summed E-state index contributed by atoms with van der Waals surface area (Å²) in [7, 11) is 3.01. The van der Waals surface area contributed by atoms with E-state index in [9.17, 15) is 9.90 Å². The van der Waals surface area contributed by atoms with Crippen molar-refractivity contribution in [3.8, 4) is 11.5 Å². The van der Waals surface area contributed by atoms with Crippen LogP contribution in [0.5, 0.6) is 11.5 Å². The number of carbonyl (C=O) groups is 1. The third-order valence-corrected chi connectivity index (χ3v) is 5.53. The molecule has 0 radical (unpaired) electrons. The topological polar surface area (TPSA) is 68.2 Å². The van der Waals surface area contributed by atoms with Crippen LogP contribution in [0.4, 0.5) is 4.79 Å². The maximum atomic E-state index is 12.0. The molecule has 1 aliphatic heterocycles. The molecule has 3 rings (SSSR count). The van der Waals surface area contributed by atoms with Gasteiger partial charge in [-0.1, -0.05) is 13.0 Å². The zero-order valence-electron chi connectivity index (χ0n) is 15.3. The molecule has 6 heteroatoms. The van der Waals surface area contributed by atoms with Crippen molar-refractivity contribution in [1.82, 2.24) is 4.90 Å². The minimum Gasteiger partial charge on any atom is -0.493 e. The number of hydrogen-bond donors (Lipinski definition) is 1. The highest BCUT2D eigenvalue weighted by molar-refractivity contribution is 5.68. The number of methoxy groups -OCH3 is 2. The number of likely N-dealkylation sites (tertiary alicyclic amines) is 1. The molecule has 0 bridgehead atoms. The van der Waals surface area contributed by atoms with Crippen LogP contribution in [0.3, 0.4) is 0 Å². The highest BCUT2D eigenvalue weighted by atomic mass is 16.5. The van der Waals surface area contributed by atoms with E-state index in [1.165, 1.54) is 7.11 Å². The first kappa shape index (κ1) is 17.9. The van der Waals surface area contributed by atoms with E-state index in [4.69, 9.17) is 14.2 Å². The molecule has 1 aromatic carbocycles. The van der Waals surface area contributed by atoms with Gasteiger partial charge in [0, 0.05) is 24.4 Å². The minimum atomic E-state index is -0.568. The molecule has 2 aliphatic rings. The number of benzene rings is 1. The van der Waals surface area contributed by atoms with E-state index in [-0.39, 0.29) is 18.1 Å². The van der Waals surface area contributed by atoms with Gasteiger partial charge in [-0.25, -0.2) is 4.79 Å². The quantitative estimate of drug-likeness (QED) is 0.885. The van der Waals surface area contributed by atoms with Crippen LogP contribution in [0, 0.1) is 5.41 Å². The Morgan fingerprint density at radius 2 is 2.04 bits per heavy atom. The smallest absolute Gasteiger partial charge is 0.409 e. The van der Waals surface area contributed by atoms with Crippen molar-refractivity contribution < 1.29 is 24.1 Å². The van der Waals surface area contributed by atoms with Gasteiger partial charge >= 0.3 is 6.09 Å². The number of aliphatic hydroxyl groups excluding tert-OH is 1. The van der Waals surface area contributed by atoms with Crippen LogP contribution in [0.15, 0.2) is 18.2 Å². The van der Waals surface area contributed by atoms with Crippen molar-refractivity contribution in [3.05, 3.63) is 23.8 Å². The molecule has 1 N–H and O–H groups in total. The Morgan fingerprint density at radius 1 is 1.32 bits per heavy atom. The van der Waals surface area contributed by atoms with E-state index < -0.39 is 11.5 Å². The van der Waals surface area contributed by atoms with Crippen molar-refractivity contribution in [2.24, 2.45) is 5.41 Å². The molecule has 1 amide bonds. The Morgan fingerprint density at radius 3 is 2.60 bits per heavy atom. The molecule has 2 fully saturated rings. The predicted molar refractivity (Wildman–Crippen MR) is 93.2 cm³/mol. The number of rotatable bonds is 5. The maximum absolute atomic E-state index is 12.0. The lowest BCUT2D eigenvalue weighted by Crippen LogP contribution is -2.38. The van der Waals surface area contributed by atoms with Gasteiger partial charge in [-0.2, -0.15) is 0 Å². The lowest BCUT2D eigenvalue weighted by Gasteiger charge is -2.33. The fourth-order valence-electron chi connectivity index (χ4n) is 3.56. The Labute approximate surface area is 148 Å². The van der Waals surface area contributed by atoms with Gasteiger partial charge in [0.1, 0.15) is 0 Å². The van der Waals surface area contributed by atoms with E-state index in [0.717, 1.165) is 24.2 Å². The second kappa shape index (κ2) is 6.75. The summed E-state index contributed by atoms with van der Waals surface area (Å²) < 4.78 is 16.3. The highest BCUT2D eigenvalue weighted by Gasteiger charge is 2.48. The molecule has 0 aromatic heterocycles. The van der Waals surface area contributed by atoms with E-state index in [2.05, 4.69) is 0 Å². The van der Waals surface area contributed by atoms with Gasteiger partial charge in [-0.15, -0.1) is 0 Å². The molecule has 1 aromatic rings. The molecule has 1 saturated carbocycles. The Kier molecular flexibility index (Phi) is 4.82. The van der Waals surface area contributed by atoms with Crippen LogP contribution >= 0.6 is 0 Å². The first-order valence-corrected chi connectivity index (χ1v) is 8.74. The fourth-order valence-corrected chi connectivity index (χ4v) is 3.56. The SMILES string of the molecule is COC(=O)N1C[C@@H](c2ccc(OC)c(OC3CC3)c2)[C@](C)([C@H](C)O)C1. The third kappa shape index (κ3) is 3.40. The van der Waals surface area contributed by atoms with Gasteiger partial charge in [0.25, 0.3) is 0 Å². The predicted octanol–water partition coefficient (Wildman–Crippen LogP) is 2.79. The Hall–Kier alpha value is -1.95. The lowest BCUT2D eigenvalue weighted by atomic mass is 9.72. The third-order valence-electron chi connectivity index (χ3n) is 5.53. The van der Waals surface area contributed by atoms with Gasteiger partial charge < -0.3 is 24.2 Å². The van der Waals surface area contributed by atoms with Gasteiger partial charge in [-0.3, -0.25) is 0 Å². The van der Waals surface area contributed by atoms with Crippen molar-refractivity contribution in [2.75, 3.05) is 27.3 Å². The zero-order chi connectivity index (χ0) is 18.2. The Bertz CT molecular complexity index is 643. The number of carbonyl (C=O) groups excluding carboxylic acids is 1. The lowest BCUT2D eigenvalue weighted by molar-refractivity contribution is 0.0470. The largest absolute Gasteiger partial charge is 0.493 e. The first-order valence-electron chi connectivity index (χ1n) is 8.74. The number of aliphatic hydroxyl groups is 1. The minimum absolute atomic E-state index is 0.0148. The summed E-state index contributed by atoms with van der Waals surface area (Å²) in [6.07, 6.45) is 1.47. The second-order valence-corrected chi connectivity index (χ2v) is 7.31. The number of amides is 1. The average Bonchev–Trinajstić information content (AvgIpc) is 3.34. The maximum Gasteiger partial charge on any atom is 0.409 e. The Balaban J connectivity index is 1.93. The van der Waals surface area contributed by atoms with Crippen molar-refractivity contribution in [3.63, 3.8) is 0 Å². The molecule has 138 valence electrons. The van der Waals surface area contributed by atoms with Crippen LogP contribution in [0.25, 0.3) is 0 Å². The standard InChI is InChI=1S/C19H27NO5/c1-12(21)19(2)11-20(18(22)24-4)10-15(19)13-5-8-16(23-3)17(9-13)25-14-6-7-14/h5,8-9,12,14-15,21H,6-7,10-11H2,1-4H3/t12-,15-,19-/m0/s1. The van der Waals surface area contributed by atoms with E-state index in [1.807, 2.05) is 25.1 Å². The van der Waals surface area contributed by atoms with Crippen LogP contribution < -0.4 is 9.47 Å². The van der Waals surface area contributed by atoms with Crippen molar-refractivity contribution in [2.45, 2.75) is 44.8 Å². The summed E-state index contributed by atoms with van der Waals surface area (Å²) in [5, 5.41) is 10.4. The molecule has 6 nitrogen and oxygen atoms in total. The molecule has 1 heterocycles. The van der Waals surface area contributed by atoms with E-state index in [0.29, 0.717) is 18.8 Å². The summed E-state index contributed by atoms with van der Waals surface area (Å²) in [5.74, 6) is 1.42. The average molecular weight is 349 g/mol. The molecular weight excluding hydrogens is 322 g/mol. The molecule has 0 unspecified atom stereocenters. The molecule has 1 saturated heterocycles. The van der Waals surface area contributed by atoms with Crippen LogP contribution in [0.1, 0.15) is 38.2 Å². The van der Waals surface area contributed by atoms with Crippen molar-refractivity contribution in [1.29, 1.82) is 0 Å². The van der Waals surface area contributed by atoms with E-state index in [1.54, 1.807) is 18.9 Å². The fraction of sp³-hybridized carbons (Fsp3) is 0.632. The first-order chi connectivity index (χ1) is 11.9.